The van der Waals surface area contributed by atoms with Crippen LogP contribution in [0.25, 0.3) is 0 Å². The van der Waals surface area contributed by atoms with Gasteiger partial charge in [-0.3, -0.25) is 0 Å². The second-order valence-corrected chi connectivity index (χ2v) is 3.94. The zero-order chi connectivity index (χ0) is 8.43. The SMILES string of the molecule is CC1CC(CN)CC(C)N1C. The van der Waals surface area contributed by atoms with E-state index in [4.69, 9.17) is 5.73 Å². The third kappa shape index (κ3) is 1.94. The molecule has 0 aliphatic carbocycles. The summed E-state index contributed by atoms with van der Waals surface area (Å²) in [6.45, 7) is 5.44. The van der Waals surface area contributed by atoms with E-state index in [0.717, 1.165) is 12.5 Å². The molecular formula is C9H20N2. The first-order valence-corrected chi connectivity index (χ1v) is 4.57. The van der Waals surface area contributed by atoms with Crippen LogP contribution in [0.4, 0.5) is 0 Å². The van der Waals surface area contributed by atoms with Crippen LogP contribution < -0.4 is 5.73 Å². The van der Waals surface area contributed by atoms with Gasteiger partial charge in [-0.25, -0.2) is 0 Å². The quantitative estimate of drug-likeness (QED) is 0.615. The number of hydrogen-bond donors (Lipinski definition) is 1. The fourth-order valence-electron chi connectivity index (χ4n) is 2.02. The lowest BCUT2D eigenvalue weighted by Gasteiger charge is -2.39. The van der Waals surface area contributed by atoms with Crippen LogP contribution >= 0.6 is 0 Å². The molecule has 0 aromatic rings. The van der Waals surface area contributed by atoms with Gasteiger partial charge >= 0.3 is 0 Å². The first-order chi connectivity index (χ1) is 5.15. The fraction of sp³-hybridized carbons (Fsp3) is 1.00. The third-order valence-electron chi connectivity index (χ3n) is 3.07. The molecule has 1 aliphatic rings. The van der Waals surface area contributed by atoms with Crippen molar-refractivity contribution in [3.8, 4) is 0 Å². The second kappa shape index (κ2) is 3.55. The van der Waals surface area contributed by atoms with Crippen molar-refractivity contribution in [3.05, 3.63) is 0 Å². The molecule has 1 aliphatic heterocycles. The van der Waals surface area contributed by atoms with E-state index < -0.39 is 0 Å². The summed E-state index contributed by atoms with van der Waals surface area (Å²) in [5, 5.41) is 0. The second-order valence-electron chi connectivity index (χ2n) is 3.94. The van der Waals surface area contributed by atoms with Gasteiger partial charge in [-0.2, -0.15) is 0 Å². The minimum Gasteiger partial charge on any atom is -0.330 e. The number of nitrogens with two attached hydrogens (primary N) is 1. The van der Waals surface area contributed by atoms with E-state index in [0.29, 0.717) is 12.1 Å². The van der Waals surface area contributed by atoms with Gasteiger partial charge in [0.2, 0.25) is 0 Å². The van der Waals surface area contributed by atoms with Crippen LogP contribution in [-0.2, 0) is 0 Å². The number of nitrogens with zero attached hydrogens (tertiary/aromatic N) is 1. The predicted octanol–water partition coefficient (Wildman–Crippen LogP) is 1.06. The van der Waals surface area contributed by atoms with E-state index in [2.05, 4.69) is 25.8 Å². The molecule has 2 N–H and O–H groups in total. The Hall–Kier alpha value is -0.0800. The highest BCUT2D eigenvalue weighted by atomic mass is 15.2. The van der Waals surface area contributed by atoms with Crippen LogP contribution in [0.15, 0.2) is 0 Å². The lowest BCUT2D eigenvalue weighted by Crippen LogP contribution is -2.45. The summed E-state index contributed by atoms with van der Waals surface area (Å²) in [7, 11) is 2.21. The number of likely N-dealkylation sites (tertiary alicyclic amines) is 1. The van der Waals surface area contributed by atoms with Crippen LogP contribution in [0, 0.1) is 5.92 Å². The molecule has 66 valence electrons. The molecule has 2 heteroatoms. The molecule has 0 aromatic heterocycles. The molecule has 0 aromatic carbocycles. The van der Waals surface area contributed by atoms with Gasteiger partial charge in [0.05, 0.1) is 0 Å². The van der Waals surface area contributed by atoms with E-state index >= 15 is 0 Å². The van der Waals surface area contributed by atoms with Gasteiger partial charge in [-0.15, -0.1) is 0 Å². The molecule has 2 unspecified atom stereocenters. The average Bonchev–Trinajstić information content (AvgIpc) is 1.99. The van der Waals surface area contributed by atoms with Crippen molar-refractivity contribution >= 4 is 0 Å². The maximum atomic E-state index is 5.65. The Morgan fingerprint density at radius 3 is 2.09 bits per heavy atom. The maximum absolute atomic E-state index is 5.65. The summed E-state index contributed by atoms with van der Waals surface area (Å²) in [5.41, 5.74) is 5.65. The number of piperidine rings is 1. The zero-order valence-electron chi connectivity index (χ0n) is 7.88. The molecule has 0 radical (unpaired) electrons. The van der Waals surface area contributed by atoms with Crippen LogP contribution in [0.1, 0.15) is 26.7 Å². The normalized spacial score (nSPS) is 40.9. The van der Waals surface area contributed by atoms with Crippen molar-refractivity contribution in [2.45, 2.75) is 38.8 Å². The van der Waals surface area contributed by atoms with E-state index in [-0.39, 0.29) is 0 Å². The topological polar surface area (TPSA) is 29.3 Å². The molecular weight excluding hydrogens is 136 g/mol. The van der Waals surface area contributed by atoms with Crippen molar-refractivity contribution in [3.63, 3.8) is 0 Å². The van der Waals surface area contributed by atoms with E-state index in [9.17, 15) is 0 Å². The lowest BCUT2D eigenvalue weighted by atomic mass is 9.88. The van der Waals surface area contributed by atoms with Crippen LogP contribution in [0.3, 0.4) is 0 Å². The van der Waals surface area contributed by atoms with Gasteiger partial charge in [0.25, 0.3) is 0 Å². The Balaban J connectivity index is 2.47. The Morgan fingerprint density at radius 1 is 1.27 bits per heavy atom. The van der Waals surface area contributed by atoms with Crippen LogP contribution in [0.5, 0.6) is 0 Å². The van der Waals surface area contributed by atoms with Gasteiger partial charge in [-0.1, -0.05) is 0 Å². The summed E-state index contributed by atoms with van der Waals surface area (Å²) < 4.78 is 0. The van der Waals surface area contributed by atoms with Gasteiger partial charge in [0.1, 0.15) is 0 Å². The van der Waals surface area contributed by atoms with Gasteiger partial charge < -0.3 is 10.6 Å². The summed E-state index contributed by atoms with van der Waals surface area (Å²) in [6, 6.07) is 1.43. The highest BCUT2D eigenvalue weighted by Crippen LogP contribution is 2.24. The van der Waals surface area contributed by atoms with Crippen molar-refractivity contribution < 1.29 is 0 Å². The third-order valence-corrected chi connectivity index (χ3v) is 3.07. The largest absolute Gasteiger partial charge is 0.330 e. The lowest BCUT2D eigenvalue weighted by molar-refractivity contribution is 0.101. The predicted molar refractivity (Wildman–Crippen MR) is 48.5 cm³/mol. The number of rotatable bonds is 1. The molecule has 1 fully saturated rings. The van der Waals surface area contributed by atoms with Crippen LogP contribution in [-0.4, -0.2) is 30.6 Å². The van der Waals surface area contributed by atoms with Gasteiger partial charge in [0.15, 0.2) is 0 Å². The van der Waals surface area contributed by atoms with Crippen molar-refractivity contribution in [1.82, 2.24) is 4.90 Å². The molecule has 0 spiro atoms. The molecule has 1 saturated heterocycles. The van der Waals surface area contributed by atoms with Gasteiger partial charge in [0, 0.05) is 12.1 Å². The maximum Gasteiger partial charge on any atom is 0.00698 e. The molecule has 0 amide bonds. The van der Waals surface area contributed by atoms with Crippen molar-refractivity contribution in [1.29, 1.82) is 0 Å². The van der Waals surface area contributed by atoms with Crippen molar-refractivity contribution in [2.24, 2.45) is 11.7 Å². The molecule has 1 heterocycles. The Morgan fingerprint density at radius 2 is 1.73 bits per heavy atom. The van der Waals surface area contributed by atoms with Crippen molar-refractivity contribution in [2.75, 3.05) is 13.6 Å². The smallest absolute Gasteiger partial charge is 0.00698 e. The first kappa shape index (κ1) is 9.01. The van der Waals surface area contributed by atoms with Gasteiger partial charge in [-0.05, 0) is 46.2 Å². The fourth-order valence-corrected chi connectivity index (χ4v) is 2.02. The summed E-state index contributed by atoms with van der Waals surface area (Å²) in [4.78, 5) is 2.45. The first-order valence-electron chi connectivity index (χ1n) is 4.57. The highest BCUT2D eigenvalue weighted by molar-refractivity contribution is 4.82. The Bertz CT molecular complexity index is 113. The standard InChI is InChI=1S/C9H20N2/c1-7-4-9(6-10)5-8(2)11(7)3/h7-9H,4-6,10H2,1-3H3. The van der Waals surface area contributed by atoms with Crippen LogP contribution in [0.2, 0.25) is 0 Å². The zero-order valence-corrected chi connectivity index (χ0v) is 7.88. The van der Waals surface area contributed by atoms with E-state index in [1.165, 1.54) is 12.8 Å². The Kier molecular flexibility index (Phi) is 2.90. The summed E-state index contributed by atoms with van der Waals surface area (Å²) in [5.74, 6) is 0.760. The van der Waals surface area contributed by atoms with E-state index in [1.54, 1.807) is 0 Å². The summed E-state index contributed by atoms with van der Waals surface area (Å²) >= 11 is 0. The highest BCUT2D eigenvalue weighted by Gasteiger charge is 2.26. The number of hydrogen-bond acceptors (Lipinski definition) is 2. The molecule has 2 nitrogen and oxygen atoms in total. The molecule has 11 heavy (non-hydrogen) atoms. The summed E-state index contributed by atoms with van der Waals surface area (Å²) in [6.07, 6.45) is 2.55. The monoisotopic (exact) mass is 156 g/mol. The average molecular weight is 156 g/mol. The minimum atomic E-state index is 0.715. The molecule has 0 saturated carbocycles. The molecule has 0 bridgehead atoms. The Labute approximate surface area is 69.8 Å². The minimum absolute atomic E-state index is 0.715. The van der Waals surface area contributed by atoms with E-state index in [1.807, 2.05) is 0 Å². The molecule has 1 rings (SSSR count). The molecule has 2 atom stereocenters.